The molecule has 2 aromatic rings. The first-order valence-electron chi connectivity index (χ1n) is 9.26. The van der Waals surface area contributed by atoms with E-state index in [4.69, 9.17) is 16.3 Å². The van der Waals surface area contributed by atoms with Gasteiger partial charge in [0, 0.05) is 37.2 Å². The average molecular weight is 446 g/mol. The van der Waals surface area contributed by atoms with Crippen LogP contribution in [0, 0.1) is 0 Å². The first-order valence-corrected chi connectivity index (χ1v) is 9.64. The molecule has 162 valence electrons. The van der Waals surface area contributed by atoms with E-state index >= 15 is 0 Å². The first kappa shape index (κ1) is 22.3. The number of benzene rings is 1. The monoisotopic (exact) mass is 445 g/mol. The number of nitrogens with zero attached hydrogens (tertiary/aromatic N) is 2. The third-order valence-corrected chi connectivity index (χ3v) is 5.82. The number of alkyl halides is 4. The average Bonchev–Trinajstić information content (AvgIpc) is 2.73. The van der Waals surface area contributed by atoms with E-state index in [-0.39, 0.29) is 42.8 Å². The maximum absolute atomic E-state index is 13.8. The van der Waals surface area contributed by atoms with Crippen LogP contribution in [0.3, 0.4) is 0 Å². The Bertz CT molecular complexity index is 899. The summed E-state index contributed by atoms with van der Waals surface area (Å²) in [4.78, 5) is 20.0. The zero-order valence-corrected chi connectivity index (χ0v) is 16.9. The quantitative estimate of drug-likeness (QED) is 0.639. The minimum atomic E-state index is -2.83. The molecule has 1 amide bonds. The molecule has 1 heterocycles. The summed E-state index contributed by atoms with van der Waals surface area (Å²) in [6.07, 6.45) is -1.07. The highest BCUT2D eigenvalue weighted by atomic mass is 35.5. The van der Waals surface area contributed by atoms with E-state index < -0.39 is 29.5 Å². The van der Waals surface area contributed by atoms with Gasteiger partial charge < -0.3 is 10.1 Å². The standard InChI is InChI=1S/C20H20ClF4N3O2/c1-30-14-4-2-3-13(15(14)21)18(29)28-11-19(5-7-20(24,25)8-6-19)12-9-26-17(16(22)23)27-10-12/h2-4,9-10,16H,5-8,11H2,1H3,(H,28,29). The molecule has 3 rings (SSSR count). The number of halogens is 5. The molecule has 5 nitrogen and oxygen atoms in total. The highest BCUT2D eigenvalue weighted by Crippen LogP contribution is 2.45. The smallest absolute Gasteiger partial charge is 0.297 e. The summed E-state index contributed by atoms with van der Waals surface area (Å²) in [5.41, 5.74) is -0.292. The molecular formula is C20H20ClF4N3O2. The second kappa shape index (κ2) is 8.75. The zero-order valence-electron chi connectivity index (χ0n) is 16.1. The van der Waals surface area contributed by atoms with E-state index in [9.17, 15) is 22.4 Å². The van der Waals surface area contributed by atoms with E-state index in [0.29, 0.717) is 11.3 Å². The van der Waals surface area contributed by atoms with Crippen LogP contribution < -0.4 is 10.1 Å². The van der Waals surface area contributed by atoms with Gasteiger partial charge in [-0.15, -0.1) is 0 Å². The number of carbonyl (C=O) groups excluding carboxylic acids is 1. The lowest BCUT2D eigenvalue weighted by molar-refractivity contribution is -0.0517. The fourth-order valence-electron chi connectivity index (χ4n) is 3.57. The third-order valence-electron chi connectivity index (χ3n) is 5.43. The summed E-state index contributed by atoms with van der Waals surface area (Å²) in [7, 11) is 1.42. The summed E-state index contributed by atoms with van der Waals surface area (Å²) < 4.78 is 58.2. The van der Waals surface area contributed by atoms with E-state index in [1.165, 1.54) is 25.6 Å². The Kier molecular flexibility index (Phi) is 6.50. The van der Waals surface area contributed by atoms with Crippen LogP contribution in [0.2, 0.25) is 5.02 Å². The van der Waals surface area contributed by atoms with Gasteiger partial charge in [-0.05, 0) is 30.5 Å². The van der Waals surface area contributed by atoms with Gasteiger partial charge in [0.05, 0.1) is 17.7 Å². The molecular weight excluding hydrogens is 426 g/mol. The molecule has 1 aromatic carbocycles. The van der Waals surface area contributed by atoms with Gasteiger partial charge in [-0.25, -0.2) is 27.5 Å². The van der Waals surface area contributed by atoms with Crippen molar-refractivity contribution in [2.75, 3.05) is 13.7 Å². The Balaban J connectivity index is 1.84. The molecule has 0 unspecified atom stereocenters. The van der Waals surface area contributed by atoms with Gasteiger partial charge in [-0.1, -0.05) is 17.7 Å². The Labute approximate surface area is 175 Å². The summed E-state index contributed by atoms with van der Waals surface area (Å²) in [6, 6.07) is 4.72. The SMILES string of the molecule is COc1cccc(C(=O)NCC2(c3cnc(C(F)F)nc3)CCC(F)(F)CC2)c1Cl. The first-order chi connectivity index (χ1) is 14.2. The van der Waals surface area contributed by atoms with Crippen molar-refractivity contribution in [1.82, 2.24) is 15.3 Å². The molecule has 1 fully saturated rings. The van der Waals surface area contributed by atoms with Crippen molar-refractivity contribution < 1.29 is 27.1 Å². The van der Waals surface area contributed by atoms with Crippen molar-refractivity contribution in [3.63, 3.8) is 0 Å². The van der Waals surface area contributed by atoms with E-state index in [1.54, 1.807) is 12.1 Å². The van der Waals surface area contributed by atoms with Gasteiger partial charge in [0.1, 0.15) is 5.75 Å². The predicted octanol–water partition coefficient (Wildman–Crippen LogP) is 4.95. The molecule has 1 aliphatic carbocycles. The molecule has 0 spiro atoms. The Hall–Kier alpha value is -2.42. The number of hydrogen-bond acceptors (Lipinski definition) is 4. The van der Waals surface area contributed by atoms with Crippen LogP contribution in [0.25, 0.3) is 0 Å². The number of rotatable bonds is 6. The van der Waals surface area contributed by atoms with Crippen LogP contribution in [0.4, 0.5) is 17.6 Å². The Morgan fingerprint density at radius 3 is 2.40 bits per heavy atom. The molecule has 30 heavy (non-hydrogen) atoms. The van der Waals surface area contributed by atoms with Crippen molar-refractivity contribution in [2.45, 2.75) is 43.4 Å². The molecule has 0 atom stereocenters. The van der Waals surface area contributed by atoms with Crippen LogP contribution in [0.5, 0.6) is 5.75 Å². The highest BCUT2D eigenvalue weighted by Gasteiger charge is 2.45. The van der Waals surface area contributed by atoms with Crippen LogP contribution in [-0.4, -0.2) is 35.5 Å². The lowest BCUT2D eigenvalue weighted by atomic mass is 9.69. The number of ether oxygens (including phenoxy) is 1. The number of aromatic nitrogens is 2. The van der Waals surface area contributed by atoms with E-state index in [0.717, 1.165) is 0 Å². The number of carbonyl (C=O) groups is 1. The largest absolute Gasteiger partial charge is 0.495 e. The van der Waals surface area contributed by atoms with Gasteiger partial charge in [0.15, 0.2) is 5.82 Å². The third kappa shape index (κ3) is 4.66. The summed E-state index contributed by atoms with van der Waals surface area (Å²) in [5.74, 6) is -3.62. The summed E-state index contributed by atoms with van der Waals surface area (Å²) in [5, 5.41) is 2.87. The van der Waals surface area contributed by atoms with Crippen molar-refractivity contribution in [3.05, 3.63) is 52.6 Å². The number of amides is 1. The Morgan fingerprint density at radius 2 is 1.83 bits per heavy atom. The van der Waals surface area contributed by atoms with Gasteiger partial charge in [-0.3, -0.25) is 4.79 Å². The molecule has 0 bridgehead atoms. The van der Waals surface area contributed by atoms with Crippen LogP contribution >= 0.6 is 11.6 Å². The minimum Gasteiger partial charge on any atom is -0.495 e. The second-order valence-electron chi connectivity index (χ2n) is 7.27. The lowest BCUT2D eigenvalue weighted by Gasteiger charge is -2.40. The van der Waals surface area contributed by atoms with E-state index in [1.807, 2.05) is 0 Å². The molecule has 1 aromatic heterocycles. The molecule has 1 aliphatic rings. The van der Waals surface area contributed by atoms with E-state index in [2.05, 4.69) is 15.3 Å². The molecule has 0 saturated heterocycles. The fourth-order valence-corrected chi connectivity index (χ4v) is 3.86. The van der Waals surface area contributed by atoms with Crippen molar-refractivity contribution in [3.8, 4) is 5.75 Å². The van der Waals surface area contributed by atoms with Crippen LogP contribution in [0.1, 0.15) is 53.9 Å². The molecule has 10 heteroatoms. The molecule has 0 aliphatic heterocycles. The van der Waals surface area contributed by atoms with Crippen LogP contribution in [0.15, 0.2) is 30.6 Å². The topological polar surface area (TPSA) is 64.1 Å². The highest BCUT2D eigenvalue weighted by molar-refractivity contribution is 6.35. The van der Waals surface area contributed by atoms with Crippen molar-refractivity contribution in [1.29, 1.82) is 0 Å². The van der Waals surface area contributed by atoms with Crippen molar-refractivity contribution in [2.24, 2.45) is 0 Å². The van der Waals surface area contributed by atoms with Crippen molar-refractivity contribution >= 4 is 17.5 Å². The minimum absolute atomic E-state index is 0.00678. The number of methoxy groups -OCH3 is 1. The summed E-state index contributed by atoms with van der Waals surface area (Å²) in [6.45, 7) is 0.00678. The maximum atomic E-state index is 13.8. The molecule has 0 radical (unpaired) electrons. The van der Waals surface area contributed by atoms with Gasteiger partial charge in [0.25, 0.3) is 12.3 Å². The van der Waals surface area contributed by atoms with Crippen LogP contribution in [-0.2, 0) is 5.41 Å². The molecule has 1 saturated carbocycles. The van der Waals surface area contributed by atoms with Gasteiger partial charge in [0.2, 0.25) is 5.92 Å². The summed E-state index contributed by atoms with van der Waals surface area (Å²) >= 11 is 6.19. The van der Waals surface area contributed by atoms with Gasteiger partial charge in [-0.2, -0.15) is 0 Å². The maximum Gasteiger partial charge on any atom is 0.297 e. The second-order valence-corrected chi connectivity index (χ2v) is 7.65. The molecule has 1 N–H and O–H groups in total. The number of nitrogens with one attached hydrogen (secondary N) is 1. The fraction of sp³-hybridized carbons (Fsp3) is 0.450. The van der Waals surface area contributed by atoms with Gasteiger partial charge >= 0.3 is 0 Å². The zero-order chi connectivity index (χ0) is 21.9. The normalized spacial score (nSPS) is 17.6. The Morgan fingerprint density at radius 1 is 1.20 bits per heavy atom. The lowest BCUT2D eigenvalue weighted by Crippen LogP contribution is -2.45. The number of hydrogen-bond donors (Lipinski definition) is 1. The predicted molar refractivity (Wildman–Crippen MR) is 102 cm³/mol.